The summed E-state index contributed by atoms with van der Waals surface area (Å²) in [6, 6.07) is 18.7. The van der Waals surface area contributed by atoms with Gasteiger partial charge in [0.2, 0.25) is 0 Å². The van der Waals surface area contributed by atoms with E-state index in [0.717, 1.165) is 6.42 Å². The predicted octanol–water partition coefficient (Wildman–Crippen LogP) is 4.86. The lowest BCUT2D eigenvalue weighted by molar-refractivity contribution is 0.0984. The van der Waals surface area contributed by atoms with Crippen LogP contribution in [0.3, 0.4) is 0 Å². The zero-order valence-electron chi connectivity index (χ0n) is 15.1. The predicted molar refractivity (Wildman–Crippen MR) is 103 cm³/mol. The highest BCUT2D eigenvalue weighted by atomic mass is 19.1. The molecule has 1 heterocycles. The third-order valence-electron chi connectivity index (χ3n) is 4.03. The van der Waals surface area contributed by atoms with E-state index in [1.54, 1.807) is 66.9 Å². The van der Waals surface area contributed by atoms with Crippen molar-refractivity contribution in [1.29, 1.82) is 0 Å². The molecule has 0 atom stereocenters. The van der Waals surface area contributed by atoms with Crippen molar-refractivity contribution in [2.75, 3.05) is 11.5 Å². The van der Waals surface area contributed by atoms with E-state index >= 15 is 0 Å². The molecule has 0 aliphatic heterocycles. The first-order valence-electron chi connectivity index (χ1n) is 8.88. The van der Waals surface area contributed by atoms with Crippen molar-refractivity contribution in [3.05, 3.63) is 89.9 Å². The van der Waals surface area contributed by atoms with E-state index in [1.165, 1.54) is 11.0 Å². The normalized spacial score (nSPS) is 10.4. The molecule has 4 nitrogen and oxygen atoms in total. The maximum Gasteiger partial charge on any atom is 0.259 e. The molecule has 0 radical (unpaired) electrons. The smallest absolute Gasteiger partial charge is 0.259 e. The van der Waals surface area contributed by atoms with Crippen molar-refractivity contribution in [3.8, 4) is 5.75 Å². The third-order valence-corrected chi connectivity index (χ3v) is 4.03. The molecule has 0 fully saturated rings. The molecule has 3 aromatic rings. The van der Waals surface area contributed by atoms with Crippen LogP contribution in [0.25, 0.3) is 0 Å². The molecule has 5 heteroatoms. The van der Waals surface area contributed by atoms with Crippen molar-refractivity contribution < 1.29 is 13.9 Å². The fraction of sp³-hybridized carbons (Fsp3) is 0.182. The van der Waals surface area contributed by atoms with Crippen LogP contribution < -0.4 is 9.64 Å². The Labute approximate surface area is 158 Å². The highest BCUT2D eigenvalue weighted by Gasteiger charge is 2.20. The van der Waals surface area contributed by atoms with Crippen LogP contribution in [0.4, 0.5) is 10.2 Å². The highest BCUT2D eigenvalue weighted by molar-refractivity contribution is 6.05. The molecular formula is C22H21FN2O2. The number of carbonyl (C=O) groups excluding carboxylic acids is 1. The van der Waals surface area contributed by atoms with E-state index in [4.69, 9.17) is 4.74 Å². The molecule has 0 bridgehead atoms. The van der Waals surface area contributed by atoms with E-state index in [9.17, 15) is 9.18 Å². The standard InChI is InChI=1S/C22H21FN2O2/c1-2-15-27-19-12-10-17(11-13-19)22(26)25(21-9-5-6-14-24-21)16-18-7-3-4-8-20(18)23/h3-14H,2,15-16H2,1H3. The average Bonchev–Trinajstić information content (AvgIpc) is 2.72. The number of hydrogen-bond donors (Lipinski definition) is 0. The maximum atomic E-state index is 14.1. The van der Waals surface area contributed by atoms with Gasteiger partial charge in [-0.1, -0.05) is 31.2 Å². The average molecular weight is 364 g/mol. The first-order chi connectivity index (χ1) is 13.2. The Balaban J connectivity index is 1.88. The second kappa shape index (κ2) is 8.94. The van der Waals surface area contributed by atoms with Gasteiger partial charge >= 0.3 is 0 Å². The van der Waals surface area contributed by atoms with E-state index in [1.807, 2.05) is 6.92 Å². The van der Waals surface area contributed by atoms with Crippen LogP contribution in [0.15, 0.2) is 72.9 Å². The summed E-state index contributed by atoms with van der Waals surface area (Å²) in [6.45, 7) is 2.75. The molecule has 1 amide bonds. The SMILES string of the molecule is CCCOc1ccc(C(=O)N(Cc2ccccc2F)c2ccccn2)cc1. The minimum atomic E-state index is -0.352. The van der Waals surface area contributed by atoms with E-state index in [-0.39, 0.29) is 18.3 Å². The van der Waals surface area contributed by atoms with Gasteiger partial charge < -0.3 is 4.74 Å². The van der Waals surface area contributed by atoms with Crippen LogP contribution in [-0.4, -0.2) is 17.5 Å². The van der Waals surface area contributed by atoms with Gasteiger partial charge in [-0.25, -0.2) is 9.37 Å². The van der Waals surface area contributed by atoms with Gasteiger partial charge in [0.15, 0.2) is 0 Å². The maximum absolute atomic E-state index is 14.1. The number of pyridine rings is 1. The van der Waals surface area contributed by atoms with Gasteiger partial charge in [0.05, 0.1) is 13.2 Å². The Morgan fingerprint density at radius 1 is 1.04 bits per heavy atom. The zero-order chi connectivity index (χ0) is 19.1. The summed E-state index contributed by atoms with van der Waals surface area (Å²) in [5, 5.41) is 0. The number of nitrogens with zero attached hydrogens (tertiary/aromatic N) is 2. The Morgan fingerprint density at radius 2 is 1.78 bits per heavy atom. The largest absolute Gasteiger partial charge is 0.494 e. The van der Waals surface area contributed by atoms with Crippen molar-refractivity contribution in [1.82, 2.24) is 4.98 Å². The fourth-order valence-corrected chi connectivity index (χ4v) is 2.64. The van der Waals surface area contributed by atoms with Gasteiger partial charge in [-0.15, -0.1) is 0 Å². The lowest BCUT2D eigenvalue weighted by Crippen LogP contribution is -2.31. The summed E-state index contributed by atoms with van der Waals surface area (Å²) >= 11 is 0. The number of aromatic nitrogens is 1. The molecule has 0 saturated carbocycles. The van der Waals surface area contributed by atoms with Gasteiger partial charge in [0.1, 0.15) is 17.4 Å². The van der Waals surface area contributed by atoms with Crippen LogP contribution >= 0.6 is 0 Å². The molecule has 0 N–H and O–H groups in total. The molecule has 0 spiro atoms. The molecule has 0 aliphatic rings. The van der Waals surface area contributed by atoms with Crippen molar-refractivity contribution in [2.45, 2.75) is 19.9 Å². The molecule has 0 saturated heterocycles. The Morgan fingerprint density at radius 3 is 2.44 bits per heavy atom. The van der Waals surface area contributed by atoms with Crippen LogP contribution in [0, 0.1) is 5.82 Å². The summed E-state index contributed by atoms with van der Waals surface area (Å²) in [4.78, 5) is 18.8. The molecule has 0 unspecified atom stereocenters. The number of halogens is 1. The number of ether oxygens (including phenoxy) is 1. The number of anilines is 1. The van der Waals surface area contributed by atoms with Crippen LogP contribution in [0.5, 0.6) is 5.75 Å². The molecule has 0 aliphatic carbocycles. The fourth-order valence-electron chi connectivity index (χ4n) is 2.64. The Kier molecular flexibility index (Phi) is 6.15. The minimum absolute atomic E-state index is 0.0939. The summed E-state index contributed by atoms with van der Waals surface area (Å²) in [6.07, 6.45) is 2.52. The monoisotopic (exact) mass is 364 g/mol. The lowest BCUT2D eigenvalue weighted by atomic mass is 10.1. The summed E-state index contributed by atoms with van der Waals surface area (Å²) in [7, 11) is 0. The molecule has 138 valence electrons. The third kappa shape index (κ3) is 4.70. The van der Waals surface area contributed by atoms with E-state index in [0.29, 0.717) is 29.3 Å². The second-order valence-electron chi connectivity index (χ2n) is 6.04. The Hall–Kier alpha value is -3.21. The zero-order valence-corrected chi connectivity index (χ0v) is 15.1. The van der Waals surface area contributed by atoms with Gasteiger partial charge in [-0.2, -0.15) is 0 Å². The number of carbonyl (C=O) groups is 1. The quantitative estimate of drug-likeness (QED) is 0.601. The lowest BCUT2D eigenvalue weighted by Gasteiger charge is -2.22. The van der Waals surface area contributed by atoms with Gasteiger partial charge in [0, 0.05) is 17.3 Å². The summed E-state index contributed by atoms with van der Waals surface area (Å²) in [5.41, 5.74) is 0.917. The number of amides is 1. The first-order valence-corrected chi connectivity index (χ1v) is 8.88. The number of rotatable bonds is 7. The van der Waals surface area contributed by atoms with Gasteiger partial charge in [-0.05, 0) is 48.9 Å². The van der Waals surface area contributed by atoms with Crippen molar-refractivity contribution >= 4 is 11.7 Å². The van der Waals surface area contributed by atoms with E-state index in [2.05, 4.69) is 4.98 Å². The minimum Gasteiger partial charge on any atom is -0.494 e. The number of benzene rings is 2. The van der Waals surface area contributed by atoms with Gasteiger partial charge in [-0.3, -0.25) is 9.69 Å². The van der Waals surface area contributed by atoms with Crippen LogP contribution in [0.2, 0.25) is 0 Å². The molecule has 1 aromatic heterocycles. The van der Waals surface area contributed by atoms with Crippen LogP contribution in [0.1, 0.15) is 29.3 Å². The topological polar surface area (TPSA) is 42.4 Å². The van der Waals surface area contributed by atoms with Crippen molar-refractivity contribution in [2.24, 2.45) is 0 Å². The van der Waals surface area contributed by atoms with E-state index < -0.39 is 0 Å². The van der Waals surface area contributed by atoms with Gasteiger partial charge in [0.25, 0.3) is 5.91 Å². The second-order valence-corrected chi connectivity index (χ2v) is 6.04. The molecular weight excluding hydrogens is 343 g/mol. The van der Waals surface area contributed by atoms with Crippen molar-refractivity contribution in [3.63, 3.8) is 0 Å². The molecule has 2 aromatic carbocycles. The summed E-state index contributed by atoms with van der Waals surface area (Å²) < 4.78 is 19.7. The number of hydrogen-bond acceptors (Lipinski definition) is 3. The van der Waals surface area contributed by atoms with Crippen LogP contribution in [-0.2, 0) is 6.54 Å². The first kappa shape index (κ1) is 18.6. The molecule has 3 rings (SSSR count). The summed E-state index contributed by atoms with van der Waals surface area (Å²) in [5.74, 6) is 0.581. The molecule has 27 heavy (non-hydrogen) atoms. The Bertz CT molecular complexity index is 882. The highest BCUT2D eigenvalue weighted by Crippen LogP contribution is 2.21.